The van der Waals surface area contributed by atoms with Gasteiger partial charge in [-0.05, 0) is 31.9 Å². The van der Waals surface area contributed by atoms with Crippen molar-refractivity contribution >= 4 is 34.8 Å². The SMILES string of the molecule is CC(C)OC(=O)[C@H](CCC(=O)C=[N+]=[N-])NC(=O)[C@@H](O)Cc1c[nH]c2c(C#N)cccc12. The summed E-state index contributed by atoms with van der Waals surface area (Å²) < 4.78 is 5.11. The lowest BCUT2D eigenvalue weighted by Gasteiger charge is -2.20. The number of aromatic nitrogens is 1. The zero-order valence-electron chi connectivity index (χ0n) is 17.2. The van der Waals surface area contributed by atoms with Gasteiger partial charge in [0.25, 0.3) is 0 Å². The van der Waals surface area contributed by atoms with Gasteiger partial charge in [-0.25, -0.2) is 4.79 Å². The van der Waals surface area contributed by atoms with Crippen LogP contribution in [0.3, 0.4) is 0 Å². The van der Waals surface area contributed by atoms with Crippen LogP contribution in [0.2, 0.25) is 0 Å². The number of para-hydroxylation sites is 1. The Hall–Kier alpha value is -3.80. The third-order valence-electron chi connectivity index (χ3n) is 4.47. The smallest absolute Gasteiger partial charge is 0.328 e. The number of hydrogen-bond acceptors (Lipinski definition) is 6. The highest BCUT2D eigenvalue weighted by molar-refractivity contribution is 6.25. The minimum atomic E-state index is -1.48. The van der Waals surface area contributed by atoms with Crippen molar-refractivity contribution < 1.29 is 29.0 Å². The van der Waals surface area contributed by atoms with Gasteiger partial charge in [-0.2, -0.15) is 10.1 Å². The lowest BCUT2D eigenvalue weighted by molar-refractivity contribution is -0.152. The molecule has 0 saturated heterocycles. The van der Waals surface area contributed by atoms with Crippen LogP contribution in [0.15, 0.2) is 24.4 Å². The van der Waals surface area contributed by atoms with Gasteiger partial charge in [-0.15, -0.1) is 0 Å². The number of fused-ring (bicyclic) bond motifs is 1. The Labute approximate surface area is 178 Å². The van der Waals surface area contributed by atoms with Crippen molar-refractivity contribution in [2.24, 2.45) is 0 Å². The summed E-state index contributed by atoms with van der Waals surface area (Å²) in [6.07, 6.45) is 0.0855. The van der Waals surface area contributed by atoms with Gasteiger partial charge in [0.05, 0.1) is 17.2 Å². The zero-order valence-corrected chi connectivity index (χ0v) is 17.2. The summed E-state index contributed by atoms with van der Waals surface area (Å²) in [4.78, 5) is 42.0. The fourth-order valence-electron chi connectivity index (χ4n) is 3.02. The highest BCUT2D eigenvalue weighted by Gasteiger charge is 2.27. The number of nitrogens with zero attached hydrogens (tertiary/aromatic N) is 3. The molecule has 1 aromatic heterocycles. The fourth-order valence-corrected chi connectivity index (χ4v) is 3.02. The predicted molar refractivity (Wildman–Crippen MR) is 110 cm³/mol. The van der Waals surface area contributed by atoms with Crippen LogP contribution >= 0.6 is 0 Å². The first kappa shape index (κ1) is 23.5. The molecule has 0 unspecified atom stereocenters. The summed E-state index contributed by atoms with van der Waals surface area (Å²) in [6, 6.07) is 6.03. The minimum absolute atomic E-state index is 0.0528. The normalized spacial score (nSPS) is 12.5. The molecule has 2 rings (SSSR count). The van der Waals surface area contributed by atoms with Crippen LogP contribution in [-0.2, 0) is 25.5 Å². The van der Waals surface area contributed by atoms with Gasteiger partial charge in [0.2, 0.25) is 11.7 Å². The fraction of sp³-hybridized carbons (Fsp3) is 0.381. The second-order valence-corrected chi connectivity index (χ2v) is 7.17. The number of nitrogens with one attached hydrogen (secondary N) is 2. The van der Waals surface area contributed by atoms with Gasteiger partial charge in [-0.1, -0.05) is 12.1 Å². The number of aliphatic hydroxyl groups is 1. The molecule has 10 nitrogen and oxygen atoms in total. The molecule has 0 spiro atoms. The average Bonchev–Trinajstić information content (AvgIpc) is 3.13. The summed E-state index contributed by atoms with van der Waals surface area (Å²) in [6.45, 7) is 3.28. The van der Waals surface area contributed by atoms with Crippen LogP contribution in [-0.4, -0.2) is 57.0 Å². The molecule has 162 valence electrons. The number of amides is 1. The van der Waals surface area contributed by atoms with Crippen molar-refractivity contribution in [1.82, 2.24) is 10.3 Å². The van der Waals surface area contributed by atoms with Crippen LogP contribution in [0.5, 0.6) is 0 Å². The van der Waals surface area contributed by atoms with E-state index in [0.29, 0.717) is 28.2 Å². The van der Waals surface area contributed by atoms with Crippen LogP contribution in [0.25, 0.3) is 16.4 Å². The first-order valence-electron chi connectivity index (χ1n) is 9.65. The average molecular weight is 425 g/mol. The van der Waals surface area contributed by atoms with E-state index >= 15 is 0 Å². The maximum atomic E-state index is 12.5. The third-order valence-corrected chi connectivity index (χ3v) is 4.47. The molecule has 0 saturated carbocycles. The Bertz CT molecular complexity index is 1060. The molecule has 0 aliphatic carbocycles. The number of rotatable bonds is 10. The number of aromatic amines is 1. The number of H-pyrrole nitrogens is 1. The van der Waals surface area contributed by atoms with Crippen LogP contribution < -0.4 is 5.32 Å². The second kappa shape index (κ2) is 10.8. The number of ether oxygens (including phenoxy) is 1. The van der Waals surface area contributed by atoms with E-state index < -0.39 is 35.9 Å². The summed E-state index contributed by atoms with van der Waals surface area (Å²) in [5.74, 6) is -2.08. The molecular weight excluding hydrogens is 402 g/mol. The molecular formula is C21H23N5O5. The minimum Gasteiger partial charge on any atom is -0.461 e. The Kier molecular flexibility index (Phi) is 8.20. The molecule has 0 bridgehead atoms. The lowest BCUT2D eigenvalue weighted by Crippen LogP contribution is -2.47. The Morgan fingerprint density at radius 2 is 2.13 bits per heavy atom. The van der Waals surface area contributed by atoms with Gasteiger partial charge >= 0.3 is 12.2 Å². The third kappa shape index (κ3) is 6.34. The van der Waals surface area contributed by atoms with E-state index in [0.717, 1.165) is 0 Å². The van der Waals surface area contributed by atoms with Crippen molar-refractivity contribution in [1.29, 1.82) is 5.26 Å². The van der Waals surface area contributed by atoms with E-state index in [2.05, 4.69) is 21.2 Å². The molecule has 1 amide bonds. The van der Waals surface area contributed by atoms with Crippen LogP contribution in [0.4, 0.5) is 0 Å². The topological polar surface area (TPSA) is 169 Å². The highest BCUT2D eigenvalue weighted by Crippen LogP contribution is 2.22. The monoisotopic (exact) mass is 425 g/mol. The number of carbonyl (C=O) groups excluding carboxylic acids is 3. The van der Waals surface area contributed by atoms with E-state index in [1.807, 2.05) is 0 Å². The molecule has 10 heteroatoms. The van der Waals surface area contributed by atoms with E-state index in [1.165, 1.54) is 0 Å². The molecule has 0 fully saturated rings. The standard InChI is InChI=1S/C21H23N5O5/c1-12(2)31-21(30)17(7-6-15(27)11-25-23)26-20(29)18(28)8-14-10-24-19-13(9-22)4-3-5-16(14)19/h3-5,10-12,17-18,24,28H,6-8H2,1-2H3,(H,26,29)/t17-,18-/m0/s1. The zero-order chi connectivity index (χ0) is 23.0. The van der Waals surface area contributed by atoms with Crippen molar-refractivity contribution in [3.05, 3.63) is 41.1 Å². The lowest BCUT2D eigenvalue weighted by atomic mass is 10.0. The number of nitriles is 1. The van der Waals surface area contributed by atoms with Crippen LogP contribution in [0, 0.1) is 11.3 Å². The molecule has 0 aliphatic rings. The van der Waals surface area contributed by atoms with E-state index in [-0.39, 0.29) is 19.3 Å². The second-order valence-electron chi connectivity index (χ2n) is 7.17. The predicted octanol–water partition coefficient (Wildman–Crippen LogP) is 1.03. The summed E-state index contributed by atoms with van der Waals surface area (Å²) in [5.41, 5.74) is 10.1. The van der Waals surface area contributed by atoms with Gasteiger partial charge in [-0.3, -0.25) is 9.59 Å². The number of Topliss-reactive ketones (excluding diaryl/α,β-unsaturated/α-hetero) is 1. The number of benzene rings is 1. The summed E-state index contributed by atoms with van der Waals surface area (Å²) in [7, 11) is 0. The number of esters is 1. The van der Waals surface area contributed by atoms with Crippen molar-refractivity contribution in [3.8, 4) is 6.07 Å². The molecule has 1 heterocycles. The number of carbonyl (C=O) groups is 3. The van der Waals surface area contributed by atoms with Gasteiger partial charge < -0.3 is 25.7 Å². The molecule has 31 heavy (non-hydrogen) atoms. The number of hydrogen-bond donors (Lipinski definition) is 3. The first-order valence-corrected chi connectivity index (χ1v) is 9.65. The van der Waals surface area contributed by atoms with E-state index in [1.54, 1.807) is 38.2 Å². The van der Waals surface area contributed by atoms with E-state index in [4.69, 9.17) is 10.3 Å². The summed E-state index contributed by atoms with van der Waals surface area (Å²) in [5, 5.41) is 22.7. The maximum Gasteiger partial charge on any atom is 0.328 e. The first-order chi connectivity index (χ1) is 14.8. The maximum absolute atomic E-state index is 12.5. The Morgan fingerprint density at radius 1 is 1.39 bits per heavy atom. The number of aliphatic hydroxyl groups excluding tert-OH is 1. The molecule has 2 atom stereocenters. The van der Waals surface area contributed by atoms with Crippen molar-refractivity contribution in [3.63, 3.8) is 0 Å². The van der Waals surface area contributed by atoms with Crippen molar-refractivity contribution in [2.75, 3.05) is 0 Å². The number of ketones is 1. The Balaban J connectivity index is 2.11. The van der Waals surface area contributed by atoms with Crippen LogP contribution in [0.1, 0.15) is 37.8 Å². The summed E-state index contributed by atoms with van der Waals surface area (Å²) >= 11 is 0. The van der Waals surface area contributed by atoms with Gasteiger partial charge in [0, 0.05) is 24.4 Å². The quantitative estimate of drug-likeness (QED) is 0.222. The molecule has 2 aromatic rings. The molecule has 3 N–H and O–H groups in total. The Morgan fingerprint density at radius 3 is 2.77 bits per heavy atom. The van der Waals surface area contributed by atoms with Gasteiger partial charge in [0.15, 0.2) is 0 Å². The van der Waals surface area contributed by atoms with Gasteiger partial charge in [0.1, 0.15) is 18.2 Å². The molecule has 0 aliphatic heterocycles. The van der Waals surface area contributed by atoms with E-state index in [9.17, 15) is 24.8 Å². The molecule has 1 aromatic carbocycles. The van der Waals surface area contributed by atoms with Crippen molar-refractivity contribution in [2.45, 2.75) is 51.4 Å². The largest absolute Gasteiger partial charge is 0.461 e. The highest BCUT2D eigenvalue weighted by atomic mass is 16.5. The molecule has 0 radical (unpaired) electrons.